The van der Waals surface area contributed by atoms with E-state index in [1.807, 2.05) is 78.9 Å². The van der Waals surface area contributed by atoms with E-state index in [1.54, 1.807) is 28.0 Å². The molecule has 0 atom stereocenters. The molecule has 0 bridgehead atoms. The lowest BCUT2D eigenvalue weighted by molar-refractivity contribution is -0.140. The van der Waals surface area contributed by atoms with Crippen LogP contribution in [0.25, 0.3) is 11.1 Å². The fraction of sp³-hybridized carbons (Fsp3) is 0.186. The minimum atomic E-state index is -1.10. The van der Waals surface area contributed by atoms with E-state index in [-0.39, 0.29) is 63.6 Å². The monoisotopic (exact) mass is 714 g/mol. The summed E-state index contributed by atoms with van der Waals surface area (Å²) < 4.78 is 0. The van der Waals surface area contributed by atoms with Crippen LogP contribution in [0.4, 0.5) is 0 Å². The number of rotatable bonds is 18. The van der Waals surface area contributed by atoms with E-state index >= 15 is 0 Å². The Labute approximate surface area is 308 Å². The molecule has 5 aromatic carbocycles. The Morgan fingerprint density at radius 1 is 0.472 bits per heavy atom. The van der Waals surface area contributed by atoms with Gasteiger partial charge in [-0.15, -0.1) is 0 Å². The van der Waals surface area contributed by atoms with Gasteiger partial charge in [0.15, 0.2) is 0 Å². The SMILES string of the molecule is O=C(O)CCc1ccc(O)c(CN(CCN(CC(=O)O)Cc2cc(C(=C(c3ccccc3)c3ccccc3)c3ccccc3)ccc2O)CC(=O)O)c1. The molecule has 0 aliphatic heterocycles. The van der Waals surface area contributed by atoms with Gasteiger partial charge in [0.2, 0.25) is 0 Å². The van der Waals surface area contributed by atoms with Crippen LogP contribution in [0.15, 0.2) is 127 Å². The fourth-order valence-electron chi connectivity index (χ4n) is 6.34. The molecule has 5 aromatic rings. The van der Waals surface area contributed by atoms with Gasteiger partial charge in [-0.05, 0) is 63.6 Å². The summed E-state index contributed by atoms with van der Waals surface area (Å²) in [5, 5.41) is 50.3. The molecule has 0 saturated carbocycles. The first-order valence-electron chi connectivity index (χ1n) is 17.2. The van der Waals surface area contributed by atoms with Gasteiger partial charge in [0.05, 0.1) is 13.1 Å². The average Bonchev–Trinajstić information content (AvgIpc) is 3.14. The van der Waals surface area contributed by atoms with Crippen LogP contribution in [0.3, 0.4) is 0 Å². The highest BCUT2D eigenvalue weighted by molar-refractivity contribution is 6.04. The molecule has 0 aromatic heterocycles. The number of benzene rings is 5. The summed E-state index contributed by atoms with van der Waals surface area (Å²) in [4.78, 5) is 38.2. The Balaban J connectivity index is 1.48. The molecule has 0 spiro atoms. The second-order valence-electron chi connectivity index (χ2n) is 12.8. The van der Waals surface area contributed by atoms with E-state index in [4.69, 9.17) is 5.11 Å². The zero-order valence-corrected chi connectivity index (χ0v) is 29.1. The van der Waals surface area contributed by atoms with Gasteiger partial charge < -0.3 is 25.5 Å². The van der Waals surface area contributed by atoms with Crippen molar-refractivity contribution in [1.82, 2.24) is 9.80 Å². The van der Waals surface area contributed by atoms with Crippen molar-refractivity contribution in [2.75, 3.05) is 26.2 Å². The average molecular weight is 715 g/mol. The number of phenolic OH excluding ortho intramolecular Hbond substituents is 2. The number of aromatic hydroxyl groups is 2. The molecule has 272 valence electrons. The minimum Gasteiger partial charge on any atom is -0.508 e. The Kier molecular flexibility index (Phi) is 13.1. The molecule has 10 nitrogen and oxygen atoms in total. The van der Waals surface area contributed by atoms with Crippen LogP contribution in [0.1, 0.15) is 45.4 Å². The third kappa shape index (κ3) is 10.9. The highest BCUT2D eigenvalue weighted by Crippen LogP contribution is 2.38. The van der Waals surface area contributed by atoms with Crippen LogP contribution in [0.2, 0.25) is 0 Å². The summed E-state index contributed by atoms with van der Waals surface area (Å²) in [5.41, 5.74) is 7.27. The third-order valence-electron chi connectivity index (χ3n) is 8.82. The number of aliphatic carboxylic acids is 3. The first kappa shape index (κ1) is 38.0. The predicted molar refractivity (Wildman–Crippen MR) is 202 cm³/mol. The van der Waals surface area contributed by atoms with Gasteiger partial charge in [0, 0.05) is 43.7 Å². The van der Waals surface area contributed by atoms with Crippen molar-refractivity contribution >= 4 is 29.1 Å². The van der Waals surface area contributed by atoms with Crippen molar-refractivity contribution in [2.45, 2.75) is 25.9 Å². The van der Waals surface area contributed by atoms with Crippen molar-refractivity contribution in [3.63, 3.8) is 0 Å². The van der Waals surface area contributed by atoms with E-state index in [9.17, 15) is 34.8 Å². The molecule has 0 unspecified atom stereocenters. The molecule has 53 heavy (non-hydrogen) atoms. The van der Waals surface area contributed by atoms with E-state index < -0.39 is 17.9 Å². The van der Waals surface area contributed by atoms with Crippen LogP contribution in [-0.4, -0.2) is 79.4 Å². The maximum atomic E-state index is 12.1. The largest absolute Gasteiger partial charge is 0.508 e. The van der Waals surface area contributed by atoms with E-state index in [0.717, 1.165) is 33.4 Å². The molecular formula is C43H42N2O8. The number of carbonyl (C=O) groups is 3. The normalized spacial score (nSPS) is 11.1. The van der Waals surface area contributed by atoms with Crippen LogP contribution in [-0.2, 0) is 33.9 Å². The molecule has 0 amide bonds. The Bertz CT molecular complexity index is 2010. The quantitative estimate of drug-likeness (QED) is 0.0627. The number of aryl methyl sites for hydroxylation is 1. The van der Waals surface area contributed by atoms with E-state index in [0.29, 0.717) is 16.7 Å². The van der Waals surface area contributed by atoms with Gasteiger partial charge in [-0.3, -0.25) is 24.2 Å². The second kappa shape index (κ2) is 18.3. The Hall–Kier alpha value is -6.23. The maximum Gasteiger partial charge on any atom is 0.317 e. The summed E-state index contributed by atoms with van der Waals surface area (Å²) in [5.74, 6) is -3.22. The first-order valence-corrected chi connectivity index (χ1v) is 17.2. The second-order valence-corrected chi connectivity index (χ2v) is 12.8. The minimum absolute atomic E-state index is 0.0111. The smallest absolute Gasteiger partial charge is 0.317 e. The first-order chi connectivity index (χ1) is 25.6. The summed E-state index contributed by atoms with van der Waals surface area (Å²) in [6.45, 7) is -0.414. The zero-order valence-electron chi connectivity index (χ0n) is 29.1. The summed E-state index contributed by atoms with van der Waals surface area (Å²) in [7, 11) is 0. The number of carboxylic acids is 3. The van der Waals surface area contributed by atoms with Gasteiger partial charge >= 0.3 is 17.9 Å². The molecule has 0 heterocycles. The molecule has 0 saturated heterocycles. The Morgan fingerprint density at radius 2 is 0.887 bits per heavy atom. The van der Waals surface area contributed by atoms with Crippen molar-refractivity contribution in [3.8, 4) is 11.5 Å². The van der Waals surface area contributed by atoms with Crippen LogP contribution >= 0.6 is 0 Å². The zero-order chi connectivity index (χ0) is 37.7. The molecule has 0 radical (unpaired) electrons. The van der Waals surface area contributed by atoms with Crippen LogP contribution in [0.5, 0.6) is 11.5 Å². The van der Waals surface area contributed by atoms with Crippen molar-refractivity contribution < 1.29 is 39.9 Å². The van der Waals surface area contributed by atoms with Crippen molar-refractivity contribution in [1.29, 1.82) is 0 Å². The highest BCUT2D eigenvalue weighted by Gasteiger charge is 2.21. The van der Waals surface area contributed by atoms with Gasteiger partial charge in [0.1, 0.15) is 11.5 Å². The van der Waals surface area contributed by atoms with Crippen molar-refractivity contribution in [2.24, 2.45) is 0 Å². The standard InChI is InChI=1S/C43H42N2O8/c46-37-19-16-30(17-21-39(48)49)24-35(37)26-44(28-40(50)51)22-23-45(29-41(52)53)27-36-25-34(18-20-38(36)47)43(33-14-8-3-9-15-33)42(31-10-4-1-5-11-31)32-12-6-2-7-13-32/h1-16,18-20,24-25,46-47H,17,21-23,26-29H2,(H,48,49)(H,50,51)(H,52,53). The maximum absolute atomic E-state index is 12.1. The summed E-state index contributed by atoms with van der Waals surface area (Å²) in [6.07, 6.45) is 0.152. The lowest BCUT2D eigenvalue weighted by atomic mass is 9.85. The van der Waals surface area contributed by atoms with E-state index in [1.165, 1.54) is 6.07 Å². The molecule has 10 heteroatoms. The summed E-state index contributed by atoms with van der Waals surface area (Å²) >= 11 is 0. The van der Waals surface area contributed by atoms with Gasteiger partial charge in [-0.2, -0.15) is 0 Å². The van der Waals surface area contributed by atoms with E-state index in [2.05, 4.69) is 24.3 Å². The van der Waals surface area contributed by atoms with Gasteiger partial charge in [-0.25, -0.2) is 0 Å². The van der Waals surface area contributed by atoms with Gasteiger partial charge in [0.25, 0.3) is 0 Å². The molecule has 0 fully saturated rings. The third-order valence-corrected chi connectivity index (χ3v) is 8.82. The number of phenols is 2. The summed E-state index contributed by atoms with van der Waals surface area (Å²) in [6, 6.07) is 40.1. The molecule has 5 rings (SSSR count). The van der Waals surface area contributed by atoms with Gasteiger partial charge in [-0.1, -0.05) is 109 Å². The number of hydrogen-bond donors (Lipinski definition) is 5. The highest BCUT2D eigenvalue weighted by atomic mass is 16.4. The lowest BCUT2D eigenvalue weighted by Crippen LogP contribution is -2.39. The number of hydrogen-bond acceptors (Lipinski definition) is 7. The number of nitrogens with zero attached hydrogens (tertiary/aromatic N) is 2. The molecule has 0 aliphatic carbocycles. The molecular weight excluding hydrogens is 672 g/mol. The van der Waals surface area contributed by atoms with Crippen molar-refractivity contribution in [3.05, 3.63) is 166 Å². The fourth-order valence-corrected chi connectivity index (χ4v) is 6.34. The number of carboxylic acid groups (broad SMARTS) is 3. The molecule has 5 N–H and O–H groups in total. The van der Waals surface area contributed by atoms with Crippen LogP contribution < -0.4 is 0 Å². The lowest BCUT2D eigenvalue weighted by Gasteiger charge is -2.27. The molecule has 0 aliphatic rings. The topological polar surface area (TPSA) is 159 Å². The van der Waals surface area contributed by atoms with Crippen LogP contribution in [0, 0.1) is 0 Å². The Morgan fingerprint density at radius 3 is 1.32 bits per heavy atom. The predicted octanol–water partition coefficient (Wildman–Crippen LogP) is 6.60.